The molecule has 1 aliphatic rings. The molecule has 1 saturated heterocycles. The van der Waals surface area contributed by atoms with Crippen LogP contribution in [0.5, 0.6) is 0 Å². The molecule has 110 valence electrons. The predicted octanol–water partition coefficient (Wildman–Crippen LogP) is 3.61. The van der Waals surface area contributed by atoms with Crippen molar-refractivity contribution in [2.24, 2.45) is 5.41 Å². The Hall–Kier alpha value is -0.580. The van der Waals surface area contributed by atoms with Gasteiger partial charge in [0.2, 0.25) is 0 Å². The first-order valence-corrected chi connectivity index (χ1v) is 8.04. The summed E-state index contributed by atoms with van der Waals surface area (Å²) in [5.74, 6) is -0.0643. The molecule has 1 aliphatic heterocycles. The Kier molecular flexibility index (Phi) is 5.10. The van der Waals surface area contributed by atoms with Crippen LogP contribution in [0, 0.1) is 5.41 Å². The van der Waals surface area contributed by atoms with Crippen LogP contribution >= 0.6 is 27.5 Å². The zero-order valence-corrected chi connectivity index (χ0v) is 14.1. The summed E-state index contributed by atoms with van der Waals surface area (Å²) < 4.78 is 0.739. The Balaban J connectivity index is 1.96. The van der Waals surface area contributed by atoms with Gasteiger partial charge in [-0.05, 0) is 58.9 Å². The van der Waals surface area contributed by atoms with Crippen molar-refractivity contribution in [2.45, 2.75) is 32.7 Å². The molecule has 0 radical (unpaired) electrons. The van der Waals surface area contributed by atoms with E-state index in [9.17, 15) is 4.79 Å². The molecule has 1 atom stereocenters. The number of nitrogens with one attached hydrogen (secondary N) is 2. The van der Waals surface area contributed by atoms with E-state index in [1.165, 1.54) is 12.8 Å². The van der Waals surface area contributed by atoms with Crippen LogP contribution in [-0.2, 0) is 0 Å². The van der Waals surface area contributed by atoms with E-state index in [1.807, 2.05) is 0 Å². The molecule has 0 aliphatic carbocycles. The zero-order valence-electron chi connectivity index (χ0n) is 11.8. The lowest BCUT2D eigenvalue weighted by Crippen LogP contribution is -2.52. The van der Waals surface area contributed by atoms with Crippen LogP contribution in [0.4, 0.5) is 0 Å². The second kappa shape index (κ2) is 6.46. The van der Waals surface area contributed by atoms with Crippen LogP contribution in [-0.4, -0.2) is 25.0 Å². The van der Waals surface area contributed by atoms with Gasteiger partial charge in [-0.1, -0.05) is 25.4 Å². The second-order valence-corrected chi connectivity index (χ2v) is 7.20. The van der Waals surface area contributed by atoms with Crippen LogP contribution in [0.1, 0.15) is 37.0 Å². The number of benzene rings is 1. The summed E-state index contributed by atoms with van der Waals surface area (Å²) >= 11 is 9.27. The summed E-state index contributed by atoms with van der Waals surface area (Å²) in [6.45, 7) is 6.16. The fraction of sp³-hybridized carbons (Fsp3) is 0.533. The maximum Gasteiger partial charge on any atom is 0.251 e. The molecule has 0 bridgehead atoms. The Labute approximate surface area is 133 Å². The van der Waals surface area contributed by atoms with E-state index >= 15 is 0 Å². The van der Waals surface area contributed by atoms with Gasteiger partial charge >= 0.3 is 0 Å². The third-order valence-corrected chi connectivity index (χ3v) is 5.19. The van der Waals surface area contributed by atoms with Crippen molar-refractivity contribution in [3.05, 3.63) is 33.3 Å². The van der Waals surface area contributed by atoms with E-state index in [0.717, 1.165) is 11.0 Å². The molecular weight excluding hydrogens is 340 g/mol. The van der Waals surface area contributed by atoms with Gasteiger partial charge in [0.25, 0.3) is 5.91 Å². The van der Waals surface area contributed by atoms with E-state index < -0.39 is 0 Å². The number of amides is 1. The molecule has 1 heterocycles. The minimum atomic E-state index is -0.0643. The average molecular weight is 360 g/mol. The average Bonchev–Trinajstić information content (AvgIpc) is 2.40. The predicted molar refractivity (Wildman–Crippen MR) is 86.3 cm³/mol. The van der Waals surface area contributed by atoms with Crippen molar-refractivity contribution in [1.29, 1.82) is 0 Å². The summed E-state index contributed by atoms with van der Waals surface area (Å²) in [4.78, 5) is 12.2. The van der Waals surface area contributed by atoms with Crippen LogP contribution in [0.2, 0.25) is 5.02 Å². The molecule has 0 saturated carbocycles. The first-order valence-electron chi connectivity index (χ1n) is 6.87. The quantitative estimate of drug-likeness (QED) is 0.865. The zero-order chi connectivity index (χ0) is 14.8. The SMILES string of the molecule is CC1(C)CCCNC1CNC(=O)c1ccc(Cl)c(Br)c1. The molecular formula is C15H20BrClN2O. The number of hydrogen-bond acceptors (Lipinski definition) is 2. The minimum absolute atomic E-state index is 0.0643. The third-order valence-electron chi connectivity index (χ3n) is 3.98. The lowest BCUT2D eigenvalue weighted by Gasteiger charge is -2.39. The molecule has 2 rings (SSSR count). The summed E-state index contributed by atoms with van der Waals surface area (Å²) in [7, 11) is 0. The molecule has 5 heteroatoms. The number of piperidine rings is 1. The first-order chi connectivity index (χ1) is 9.40. The van der Waals surface area contributed by atoms with Crippen molar-refractivity contribution in [3.63, 3.8) is 0 Å². The van der Waals surface area contributed by atoms with Crippen molar-refractivity contribution in [1.82, 2.24) is 10.6 Å². The highest BCUT2D eigenvalue weighted by molar-refractivity contribution is 9.10. The fourth-order valence-electron chi connectivity index (χ4n) is 2.55. The fourth-order valence-corrected chi connectivity index (χ4v) is 3.05. The maximum atomic E-state index is 12.2. The molecule has 1 unspecified atom stereocenters. The van der Waals surface area contributed by atoms with Crippen LogP contribution in [0.15, 0.2) is 22.7 Å². The van der Waals surface area contributed by atoms with Crippen molar-refractivity contribution < 1.29 is 4.79 Å². The molecule has 2 N–H and O–H groups in total. The highest BCUT2D eigenvalue weighted by atomic mass is 79.9. The Morgan fingerprint density at radius 3 is 2.95 bits per heavy atom. The number of rotatable bonds is 3. The highest BCUT2D eigenvalue weighted by Gasteiger charge is 2.31. The molecule has 1 aromatic rings. The molecule has 1 amide bonds. The van der Waals surface area contributed by atoms with Gasteiger partial charge < -0.3 is 10.6 Å². The molecule has 1 fully saturated rings. The van der Waals surface area contributed by atoms with Gasteiger partial charge in [0.15, 0.2) is 0 Å². The van der Waals surface area contributed by atoms with Gasteiger partial charge in [-0.25, -0.2) is 0 Å². The lowest BCUT2D eigenvalue weighted by molar-refractivity contribution is 0.0929. The number of halogens is 2. The molecule has 0 spiro atoms. The smallest absolute Gasteiger partial charge is 0.251 e. The van der Waals surface area contributed by atoms with Crippen molar-refractivity contribution in [3.8, 4) is 0 Å². The van der Waals surface area contributed by atoms with Gasteiger partial charge in [0.1, 0.15) is 0 Å². The van der Waals surface area contributed by atoms with Gasteiger partial charge in [-0.15, -0.1) is 0 Å². The monoisotopic (exact) mass is 358 g/mol. The maximum absolute atomic E-state index is 12.2. The van der Waals surface area contributed by atoms with Crippen LogP contribution in [0.3, 0.4) is 0 Å². The molecule has 20 heavy (non-hydrogen) atoms. The lowest BCUT2D eigenvalue weighted by atomic mass is 9.77. The Morgan fingerprint density at radius 2 is 2.30 bits per heavy atom. The van der Waals surface area contributed by atoms with E-state index in [2.05, 4.69) is 40.4 Å². The number of carbonyl (C=O) groups excluding carboxylic acids is 1. The van der Waals surface area contributed by atoms with Gasteiger partial charge in [0.05, 0.1) is 5.02 Å². The van der Waals surface area contributed by atoms with E-state index in [1.54, 1.807) is 18.2 Å². The molecule has 1 aromatic carbocycles. The largest absolute Gasteiger partial charge is 0.350 e. The van der Waals surface area contributed by atoms with E-state index in [4.69, 9.17) is 11.6 Å². The normalized spacial score (nSPS) is 21.5. The standard InChI is InChI=1S/C15H20BrClN2O/c1-15(2)6-3-7-18-13(15)9-19-14(20)10-4-5-12(17)11(16)8-10/h4-5,8,13,18H,3,6-7,9H2,1-2H3,(H,19,20). The summed E-state index contributed by atoms with van der Waals surface area (Å²) in [5.41, 5.74) is 0.835. The van der Waals surface area contributed by atoms with E-state index in [0.29, 0.717) is 23.2 Å². The Morgan fingerprint density at radius 1 is 1.55 bits per heavy atom. The van der Waals surface area contributed by atoms with Gasteiger partial charge in [-0.2, -0.15) is 0 Å². The van der Waals surface area contributed by atoms with Gasteiger partial charge in [-0.3, -0.25) is 4.79 Å². The van der Waals surface area contributed by atoms with Crippen LogP contribution in [0.25, 0.3) is 0 Å². The summed E-state index contributed by atoms with van der Waals surface area (Å²) in [6, 6.07) is 5.53. The van der Waals surface area contributed by atoms with Crippen LogP contribution < -0.4 is 10.6 Å². The second-order valence-electron chi connectivity index (χ2n) is 5.94. The van der Waals surface area contributed by atoms with Crippen molar-refractivity contribution >= 4 is 33.4 Å². The Bertz CT molecular complexity index is 505. The third kappa shape index (κ3) is 3.74. The highest BCUT2D eigenvalue weighted by Crippen LogP contribution is 2.29. The molecule has 3 nitrogen and oxygen atoms in total. The van der Waals surface area contributed by atoms with Gasteiger partial charge in [0, 0.05) is 22.6 Å². The van der Waals surface area contributed by atoms with Crippen molar-refractivity contribution in [2.75, 3.05) is 13.1 Å². The molecule has 0 aromatic heterocycles. The van der Waals surface area contributed by atoms with E-state index in [-0.39, 0.29) is 11.3 Å². The first kappa shape index (κ1) is 15.8. The number of carbonyl (C=O) groups is 1. The summed E-state index contributed by atoms with van der Waals surface area (Å²) in [5, 5.41) is 7.11. The summed E-state index contributed by atoms with van der Waals surface area (Å²) in [6.07, 6.45) is 2.38. The number of hydrogen-bond donors (Lipinski definition) is 2. The topological polar surface area (TPSA) is 41.1 Å². The minimum Gasteiger partial charge on any atom is -0.350 e.